The Morgan fingerprint density at radius 1 is 0.909 bits per heavy atom. The zero-order valence-electron chi connectivity index (χ0n) is 21.3. The van der Waals surface area contributed by atoms with E-state index in [1.807, 2.05) is 0 Å². The molecule has 0 aliphatic heterocycles. The summed E-state index contributed by atoms with van der Waals surface area (Å²) < 4.78 is 0. The Balaban J connectivity index is 1.73. The summed E-state index contributed by atoms with van der Waals surface area (Å²) in [5.74, 6) is 1.08. The van der Waals surface area contributed by atoms with Crippen molar-refractivity contribution >= 4 is 5.78 Å². The first-order chi connectivity index (χ1) is 15.2. The van der Waals surface area contributed by atoms with Gasteiger partial charge in [0.2, 0.25) is 0 Å². The number of aliphatic hydroxyl groups excluding tert-OH is 1. The predicted octanol–water partition coefficient (Wildman–Crippen LogP) is 3.93. The highest BCUT2D eigenvalue weighted by atomic mass is 16.3. The molecule has 5 nitrogen and oxygen atoms in total. The molecule has 9 atom stereocenters. The van der Waals surface area contributed by atoms with Gasteiger partial charge in [0.15, 0.2) is 5.78 Å². The number of hydrogen-bond acceptors (Lipinski definition) is 5. The number of carbonyl (C=O) groups excluding carboxylic acids is 1. The number of fused-ring (bicyclic) bond motifs is 5. The highest BCUT2D eigenvalue weighted by molar-refractivity contribution is 6.00. The lowest BCUT2D eigenvalue weighted by atomic mass is 9.42. The van der Waals surface area contributed by atoms with Crippen LogP contribution in [0.2, 0.25) is 0 Å². The summed E-state index contributed by atoms with van der Waals surface area (Å²) in [5.41, 5.74) is -5.75. The van der Waals surface area contributed by atoms with Crippen molar-refractivity contribution in [2.24, 2.45) is 34.5 Å². The third-order valence-corrected chi connectivity index (χ3v) is 10.9. The first kappa shape index (κ1) is 25.1. The molecule has 0 amide bonds. The molecular weight excluding hydrogens is 416 g/mol. The first-order valence-corrected chi connectivity index (χ1v) is 13.0. The molecule has 5 heteroatoms. The molecule has 0 aromatic heterocycles. The summed E-state index contributed by atoms with van der Waals surface area (Å²) in [6.45, 7) is 12.8. The molecule has 4 aliphatic rings. The second kappa shape index (κ2) is 7.74. The average Bonchev–Trinajstić information content (AvgIpc) is 3.02. The predicted molar refractivity (Wildman–Crippen MR) is 128 cm³/mol. The number of allylic oxidation sites excluding steroid dienone is 2. The number of carbonyl (C=O) groups is 1. The van der Waals surface area contributed by atoms with Gasteiger partial charge < -0.3 is 20.4 Å². The van der Waals surface area contributed by atoms with Crippen molar-refractivity contribution in [1.82, 2.24) is 0 Å². The summed E-state index contributed by atoms with van der Waals surface area (Å²) in [7, 11) is 0. The van der Waals surface area contributed by atoms with Gasteiger partial charge in [0, 0.05) is 17.3 Å². The Morgan fingerprint density at radius 2 is 1.58 bits per heavy atom. The minimum Gasteiger partial charge on any atom is -0.393 e. The normalized spacial score (nSPS) is 49.4. The van der Waals surface area contributed by atoms with E-state index in [4.69, 9.17) is 0 Å². The lowest BCUT2D eigenvalue weighted by molar-refractivity contribution is -0.237. The quantitative estimate of drug-likeness (QED) is 0.477. The minimum absolute atomic E-state index is 0.0669. The van der Waals surface area contributed by atoms with E-state index in [2.05, 4.69) is 46.8 Å². The molecule has 4 N–H and O–H groups in total. The molecular formula is C28H44O5. The maximum atomic E-state index is 13.3. The van der Waals surface area contributed by atoms with Gasteiger partial charge in [-0.2, -0.15) is 0 Å². The molecule has 186 valence electrons. The van der Waals surface area contributed by atoms with Gasteiger partial charge >= 0.3 is 0 Å². The van der Waals surface area contributed by atoms with Crippen molar-refractivity contribution in [2.45, 2.75) is 109 Å². The van der Waals surface area contributed by atoms with Gasteiger partial charge in [0.1, 0.15) is 5.60 Å². The van der Waals surface area contributed by atoms with E-state index in [1.165, 1.54) is 6.08 Å². The van der Waals surface area contributed by atoms with Crippen LogP contribution in [-0.2, 0) is 4.79 Å². The number of rotatable bonds is 4. The molecule has 3 fully saturated rings. The van der Waals surface area contributed by atoms with E-state index in [9.17, 15) is 25.2 Å². The van der Waals surface area contributed by atoms with Crippen LogP contribution in [-0.4, -0.2) is 49.1 Å². The lowest BCUT2D eigenvalue weighted by Crippen LogP contribution is -2.74. The van der Waals surface area contributed by atoms with E-state index >= 15 is 0 Å². The van der Waals surface area contributed by atoms with Crippen LogP contribution in [0.5, 0.6) is 0 Å². The van der Waals surface area contributed by atoms with Crippen molar-refractivity contribution in [3.63, 3.8) is 0 Å². The first-order valence-electron chi connectivity index (χ1n) is 13.0. The average molecular weight is 461 g/mol. The number of ketones is 1. The van der Waals surface area contributed by atoms with E-state index in [0.29, 0.717) is 49.5 Å². The second-order valence-corrected chi connectivity index (χ2v) is 12.6. The molecule has 0 heterocycles. The summed E-state index contributed by atoms with van der Waals surface area (Å²) in [6, 6.07) is 0. The summed E-state index contributed by atoms with van der Waals surface area (Å²) in [5, 5.41) is 46.1. The zero-order chi connectivity index (χ0) is 24.6. The summed E-state index contributed by atoms with van der Waals surface area (Å²) >= 11 is 0. The molecule has 1 unspecified atom stereocenters. The molecule has 0 aromatic carbocycles. The van der Waals surface area contributed by atoms with Gasteiger partial charge in [-0.25, -0.2) is 0 Å². The van der Waals surface area contributed by atoms with Crippen LogP contribution < -0.4 is 0 Å². The maximum Gasteiger partial charge on any atom is 0.188 e. The highest BCUT2D eigenvalue weighted by Crippen LogP contribution is 2.70. The minimum atomic E-state index is -1.81. The topological polar surface area (TPSA) is 98.0 Å². The molecule has 0 radical (unpaired) electrons. The van der Waals surface area contributed by atoms with Gasteiger partial charge in [-0.05, 0) is 73.8 Å². The van der Waals surface area contributed by atoms with Crippen molar-refractivity contribution in [2.75, 3.05) is 0 Å². The fraction of sp³-hybridized carbons (Fsp3) is 0.821. The molecule has 0 aromatic rings. The molecule has 3 saturated carbocycles. The van der Waals surface area contributed by atoms with Crippen molar-refractivity contribution in [3.05, 3.63) is 23.8 Å². The van der Waals surface area contributed by atoms with Crippen LogP contribution in [0.25, 0.3) is 0 Å². The maximum absolute atomic E-state index is 13.3. The highest BCUT2D eigenvalue weighted by Gasteiger charge is 2.74. The largest absolute Gasteiger partial charge is 0.393 e. The Labute approximate surface area is 199 Å². The van der Waals surface area contributed by atoms with Crippen LogP contribution in [0.4, 0.5) is 0 Å². The molecule has 33 heavy (non-hydrogen) atoms. The lowest BCUT2D eigenvalue weighted by Gasteiger charge is -2.65. The Morgan fingerprint density at radius 3 is 2.21 bits per heavy atom. The van der Waals surface area contributed by atoms with Crippen molar-refractivity contribution in [3.8, 4) is 0 Å². The van der Waals surface area contributed by atoms with Gasteiger partial charge in [0.05, 0.1) is 17.3 Å². The molecule has 4 aliphatic carbocycles. The van der Waals surface area contributed by atoms with E-state index < -0.39 is 39.5 Å². The SMILES string of the molecule is CC(C)C(C)/C=C/[C@@H](C)[C@H]1CC[C@]2(O)C3=CC(=O)[C@@]4(O)C[C@@H](O)CC[C@]4(C)[C@@]3(O)CC[C@]12C. The van der Waals surface area contributed by atoms with E-state index in [0.717, 1.165) is 6.42 Å². The second-order valence-electron chi connectivity index (χ2n) is 12.6. The summed E-state index contributed by atoms with van der Waals surface area (Å²) in [6.07, 6.45) is 8.21. The van der Waals surface area contributed by atoms with Crippen LogP contribution in [0.15, 0.2) is 23.8 Å². The van der Waals surface area contributed by atoms with Crippen molar-refractivity contribution < 1.29 is 25.2 Å². The Hall–Kier alpha value is -1.01. The van der Waals surface area contributed by atoms with Crippen LogP contribution in [0.1, 0.15) is 86.5 Å². The summed E-state index contributed by atoms with van der Waals surface area (Å²) in [4.78, 5) is 13.3. The zero-order valence-corrected chi connectivity index (χ0v) is 21.3. The van der Waals surface area contributed by atoms with E-state index in [1.54, 1.807) is 6.92 Å². The Kier molecular flexibility index (Phi) is 5.89. The van der Waals surface area contributed by atoms with Crippen LogP contribution in [0, 0.1) is 34.5 Å². The molecule has 0 spiro atoms. The van der Waals surface area contributed by atoms with Crippen LogP contribution >= 0.6 is 0 Å². The Bertz CT molecular complexity index is 878. The molecule has 0 saturated heterocycles. The van der Waals surface area contributed by atoms with Crippen molar-refractivity contribution in [1.29, 1.82) is 0 Å². The smallest absolute Gasteiger partial charge is 0.188 e. The molecule has 0 bridgehead atoms. The van der Waals surface area contributed by atoms with Gasteiger partial charge in [-0.15, -0.1) is 0 Å². The molecule has 4 rings (SSSR count). The monoisotopic (exact) mass is 460 g/mol. The third-order valence-electron chi connectivity index (χ3n) is 10.9. The number of hydrogen-bond donors (Lipinski definition) is 4. The fourth-order valence-corrected chi connectivity index (χ4v) is 7.89. The van der Waals surface area contributed by atoms with Crippen LogP contribution in [0.3, 0.4) is 0 Å². The standard InChI is InChI=1S/C28H44O5/c1-17(2)18(3)7-8-19(4)21-10-12-26(31)22-15-23(30)28(33)16-20(29)9-11-25(28,6)27(22,32)14-13-24(21,26)5/h7-8,15,17-21,29,31-33H,9-14,16H2,1-6H3/b8-7+/t18?,19-,20+,21-,24-,25-,26+,27-,28+/m1/s1. The fourth-order valence-electron chi connectivity index (χ4n) is 7.89. The van der Waals surface area contributed by atoms with Gasteiger partial charge in [0.25, 0.3) is 0 Å². The van der Waals surface area contributed by atoms with Gasteiger partial charge in [-0.3, -0.25) is 4.79 Å². The third kappa shape index (κ3) is 3.15. The van der Waals surface area contributed by atoms with Gasteiger partial charge in [-0.1, -0.05) is 53.7 Å². The van der Waals surface area contributed by atoms with E-state index in [-0.39, 0.29) is 18.3 Å². The number of aliphatic hydroxyl groups is 4.